The maximum Gasteiger partial charge on any atom is 0.123 e. The summed E-state index contributed by atoms with van der Waals surface area (Å²) in [6.45, 7) is 5.16. The fourth-order valence-corrected chi connectivity index (χ4v) is 1.83. The molecule has 90 valence electrons. The normalized spacial score (nSPS) is 12.6. The average Bonchev–Trinajstić information content (AvgIpc) is 2.28. The Kier molecular flexibility index (Phi) is 4.74. The van der Waals surface area contributed by atoms with Gasteiger partial charge in [0.1, 0.15) is 5.82 Å². The van der Waals surface area contributed by atoms with Gasteiger partial charge in [-0.3, -0.25) is 0 Å². The summed E-state index contributed by atoms with van der Waals surface area (Å²) >= 11 is 0. The predicted octanol–water partition coefficient (Wildman–Crippen LogP) is 2.95. The van der Waals surface area contributed by atoms with Gasteiger partial charge < -0.3 is 10.2 Å². The van der Waals surface area contributed by atoms with E-state index in [2.05, 4.69) is 17.1 Å². The first kappa shape index (κ1) is 13.0. The van der Waals surface area contributed by atoms with E-state index in [1.54, 1.807) is 6.07 Å². The predicted molar refractivity (Wildman–Crippen MR) is 67.4 cm³/mol. The second kappa shape index (κ2) is 5.85. The largest absolute Gasteiger partial charge is 0.374 e. The molecule has 0 aromatic heterocycles. The molecule has 0 aliphatic rings. The van der Waals surface area contributed by atoms with Crippen LogP contribution in [-0.4, -0.2) is 20.6 Å². The van der Waals surface area contributed by atoms with E-state index in [0.29, 0.717) is 0 Å². The van der Waals surface area contributed by atoms with Gasteiger partial charge in [-0.2, -0.15) is 0 Å². The molecule has 0 amide bonds. The lowest BCUT2D eigenvalue weighted by Crippen LogP contribution is -2.22. The van der Waals surface area contributed by atoms with Gasteiger partial charge >= 0.3 is 0 Å². The van der Waals surface area contributed by atoms with Crippen molar-refractivity contribution >= 4 is 5.69 Å². The van der Waals surface area contributed by atoms with Gasteiger partial charge in [0.05, 0.1) is 0 Å². The van der Waals surface area contributed by atoms with Crippen LogP contribution in [-0.2, 0) is 0 Å². The molecule has 1 unspecified atom stereocenters. The lowest BCUT2D eigenvalue weighted by molar-refractivity contribution is 0.607. The van der Waals surface area contributed by atoms with Crippen LogP contribution in [0.3, 0.4) is 0 Å². The molecule has 0 radical (unpaired) electrons. The standard InChI is InChI=1S/C13H21FN2/c1-5-8-16(4)13-7-6-11(14)9-12(13)10(2)15-3/h6-7,9-10,15H,5,8H2,1-4H3. The van der Waals surface area contributed by atoms with Crippen molar-refractivity contribution in [3.63, 3.8) is 0 Å². The van der Waals surface area contributed by atoms with Gasteiger partial charge in [-0.15, -0.1) is 0 Å². The summed E-state index contributed by atoms with van der Waals surface area (Å²) in [4.78, 5) is 2.17. The van der Waals surface area contributed by atoms with Crippen LogP contribution in [0.1, 0.15) is 31.9 Å². The number of nitrogens with zero attached hydrogens (tertiary/aromatic N) is 1. The summed E-state index contributed by atoms with van der Waals surface area (Å²) in [6, 6.07) is 5.15. The third-order valence-electron chi connectivity index (χ3n) is 2.86. The minimum Gasteiger partial charge on any atom is -0.374 e. The maximum absolute atomic E-state index is 13.2. The van der Waals surface area contributed by atoms with E-state index in [4.69, 9.17) is 0 Å². The van der Waals surface area contributed by atoms with Crippen molar-refractivity contribution in [2.24, 2.45) is 0 Å². The van der Waals surface area contributed by atoms with E-state index in [1.807, 2.05) is 27.1 Å². The Morgan fingerprint density at radius 1 is 1.44 bits per heavy atom. The fraction of sp³-hybridized carbons (Fsp3) is 0.538. The van der Waals surface area contributed by atoms with Gasteiger partial charge in [-0.05, 0) is 44.2 Å². The summed E-state index contributed by atoms with van der Waals surface area (Å²) in [6.07, 6.45) is 1.08. The van der Waals surface area contributed by atoms with Crippen molar-refractivity contribution in [1.82, 2.24) is 5.32 Å². The molecule has 1 atom stereocenters. The average molecular weight is 224 g/mol. The zero-order valence-electron chi connectivity index (χ0n) is 10.5. The van der Waals surface area contributed by atoms with Gasteiger partial charge in [-0.1, -0.05) is 6.92 Å². The molecule has 0 aliphatic carbocycles. The van der Waals surface area contributed by atoms with Gasteiger partial charge in [0.15, 0.2) is 0 Å². The topological polar surface area (TPSA) is 15.3 Å². The molecule has 1 aromatic carbocycles. The number of hydrogen-bond acceptors (Lipinski definition) is 2. The Morgan fingerprint density at radius 3 is 2.69 bits per heavy atom. The lowest BCUT2D eigenvalue weighted by Gasteiger charge is -2.24. The van der Waals surface area contributed by atoms with Crippen LogP contribution in [0.2, 0.25) is 0 Å². The summed E-state index contributed by atoms with van der Waals surface area (Å²) < 4.78 is 13.2. The second-order valence-electron chi connectivity index (χ2n) is 4.14. The Balaban J connectivity index is 3.06. The first-order valence-electron chi connectivity index (χ1n) is 5.78. The molecule has 2 nitrogen and oxygen atoms in total. The molecule has 0 aliphatic heterocycles. The Labute approximate surface area is 97.5 Å². The zero-order chi connectivity index (χ0) is 12.1. The van der Waals surface area contributed by atoms with Crippen molar-refractivity contribution < 1.29 is 4.39 Å². The SMILES string of the molecule is CCCN(C)c1ccc(F)cc1C(C)NC. The highest BCUT2D eigenvalue weighted by molar-refractivity contribution is 5.54. The molecule has 0 saturated carbocycles. The molecule has 0 spiro atoms. The summed E-state index contributed by atoms with van der Waals surface area (Å²) in [5.74, 6) is -0.175. The van der Waals surface area contributed by atoms with Crippen LogP contribution in [0.4, 0.5) is 10.1 Å². The van der Waals surface area contributed by atoms with Crippen molar-refractivity contribution in [2.45, 2.75) is 26.3 Å². The molecule has 1 aromatic rings. The highest BCUT2D eigenvalue weighted by Crippen LogP contribution is 2.26. The number of benzene rings is 1. The second-order valence-corrected chi connectivity index (χ2v) is 4.14. The van der Waals surface area contributed by atoms with E-state index in [-0.39, 0.29) is 11.9 Å². The monoisotopic (exact) mass is 224 g/mol. The third kappa shape index (κ3) is 2.95. The van der Waals surface area contributed by atoms with E-state index >= 15 is 0 Å². The lowest BCUT2D eigenvalue weighted by atomic mass is 10.1. The minimum atomic E-state index is -0.175. The molecule has 16 heavy (non-hydrogen) atoms. The van der Waals surface area contributed by atoms with Crippen LogP contribution >= 0.6 is 0 Å². The molecule has 1 N–H and O–H groups in total. The molecule has 1 rings (SSSR count). The quantitative estimate of drug-likeness (QED) is 0.827. The number of halogens is 1. The highest BCUT2D eigenvalue weighted by Gasteiger charge is 2.12. The minimum absolute atomic E-state index is 0.157. The summed E-state index contributed by atoms with van der Waals surface area (Å²) in [7, 11) is 3.93. The van der Waals surface area contributed by atoms with Crippen molar-refractivity contribution in [2.75, 3.05) is 25.5 Å². The van der Waals surface area contributed by atoms with E-state index in [0.717, 1.165) is 24.2 Å². The number of hydrogen-bond donors (Lipinski definition) is 1. The van der Waals surface area contributed by atoms with Crippen molar-refractivity contribution in [1.29, 1.82) is 0 Å². The number of rotatable bonds is 5. The highest BCUT2D eigenvalue weighted by atomic mass is 19.1. The summed E-state index contributed by atoms with van der Waals surface area (Å²) in [5, 5.41) is 3.15. The summed E-state index contributed by atoms with van der Waals surface area (Å²) in [5.41, 5.74) is 2.11. The Morgan fingerprint density at radius 2 is 2.12 bits per heavy atom. The van der Waals surface area contributed by atoms with Crippen LogP contribution in [0.5, 0.6) is 0 Å². The van der Waals surface area contributed by atoms with Crippen LogP contribution in [0.15, 0.2) is 18.2 Å². The zero-order valence-corrected chi connectivity index (χ0v) is 10.5. The Hall–Kier alpha value is -1.09. The van der Waals surface area contributed by atoms with Gasteiger partial charge in [0.2, 0.25) is 0 Å². The molecule has 3 heteroatoms. The molecular weight excluding hydrogens is 203 g/mol. The van der Waals surface area contributed by atoms with Gasteiger partial charge in [0, 0.05) is 25.3 Å². The molecule has 0 heterocycles. The van der Waals surface area contributed by atoms with Gasteiger partial charge in [-0.25, -0.2) is 4.39 Å². The number of anilines is 1. The van der Waals surface area contributed by atoms with E-state index in [1.165, 1.54) is 6.07 Å². The smallest absolute Gasteiger partial charge is 0.123 e. The molecule has 0 saturated heterocycles. The van der Waals surface area contributed by atoms with E-state index in [9.17, 15) is 4.39 Å². The van der Waals surface area contributed by atoms with Crippen molar-refractivity contribution in [3.8, 4) is 0 Å². The van der Waals surface area contributed by atoms with Crippen LogP contribution < -0.4 is 10.2 Å². The number of nitrogens with one attached hydrogen (secondary N) is 1. The maximum atomic E-state index is 13.2. The molecule has 0 fully saturated rings. The molecule has 0 bridgehead atoms. The van der Waals surface area contributed by atoms with Crippen LogP contribution in [0.25, 0.3) is 0 Å². The van der Waals surface area contributed by atoms with Crippen LogP contribution in [0, 0.1) is 5.82 Å². The third-order valence-corrected chi connectivity index (χ3v) is 2.86. The Bertz CT molecular complexity index is 339. The first-order valence-corrected chi connectivity index (χ1v) is 5.78. The van der Waals surface area contributed by atoms with E-state index < -0.39 is 0 Å². The first-order chi connectivity index (χ1) is 7.60. The van der Waals surface area contributed by atoms with Gasteiger partial charge in [0.25, 0.3) is 0 Å². The van der Waals surface area contributed by atoms with Crippen molar-refractivity contribution in [3.05, 3.63) is 29.6 Å². The molecular formula is C13H21FN2. The fourth-order valence-electron chi connectivity index (χ4n) is 1.83.